The van der Waals surface area contributed by atoms with Crippen molar-refractivity contribution >= 4 is 5.97 Å². The fourth-order valence-corrected chi connectivity index (χ4v) is 1.84. The van der Waals surface area contributed by atoms with Crippen molar-refractivity contribution < 1.29 is 9.53 Å². The Hall–Kier alpha value is -1.93. The average Bonchev–Trinajstić information content (AvgIpc) is 2.37. The molecule has 0 bridgehead atoms. The molecule has 0 aromatic carbocycles. The lowest BCUT2D eigenvalue weighted by Crippen LogP contribution is -2.26. The van der Waals surface area contributed by atoms with E-state index in [-0.39, 0.29) is 11.3 Å². The molecule has 0 unspecified atom stereocenters. The number of aromatic nitrogens is 1. The number of carbonyl (C=O) groups is 1. The van der Waals surface area contributed by atoms with Crippen molar-refractivity contribution in [3.8, 4) is 6.07 Å². The first-order valence-electron chi connectivity index (χ1n) is 5.57. The Morgan fingerprint density at radius 1 is 1.71 bits per heavy atom. The van der Waals surface area contributed by atoms with E-state index in [0.29, 0.717) is 13.2 Å². The summed E-state index contributed by atoms with van der Waals surface area (Å²) >= 11 is 0. The van der Waals surface area contributed by atoms with Crippen molar-refractivity contribution in [1.82, 2.24) is 10.3 Å². The summed E-state index contributed by atoms with van der Waals surface area (Å²) in [6.45, 7) is 3.56. The summed E-state index contributed by atoms with van der Waals surface area (Å²) in [6, 6.07) is 3.67. The zero-order valence-electron chi connectivity index (χ0n) is 9.62. The average molecular weight is 231 g/mol. The Labute approximate surface area is 99.4 Å². The summed E-state index contributed by atoms with van der Waals surface area (Å²) in [5.41, 5.74) is 2.28. The third kappa shape index (κ3) is 2.27. The number of hydrogen-bond donors (Lipinski definition) is 1. The first-order valence-corrected chi connectivity index (χ1v) is 5.57. The van der Waals surface area contributed by atoms with Crippen LogP contribution < -0.4 is 5.32 Å². The van der Waals surface area contributed by atoms with Crippen LogP contribution in [0, 0.1) is 11.3 Å². The Kier molecular flexibility index (Phi) is 3.35. The van der Waals surface area contributed by atoms with E-state index in [0.717, 1.165) is 24.2 Å². The van der Waals surface area contributed by atoms with Gasteiger partial charge in [-0.05, 0) is 18.6 Å². The van der Waals surface area contributed by atoms with Crippen LogP contribution in [0.2, 0.25) is 0 Å². The zero-order chi connectivity index (χ0) is 12.3. The first kappa shape index (κ1) is 11.6. The summed E-state index contributed by atoms with van der Waals surface area (Å²) < 4.78 is 4.91. The highest BCUT2D eigenvalue weighted by molar-refractivity contribution is 5.91. The van der Waals surface area contributed by atoms with Crippen LogP contribution in [-0.2, 0) is 17.7 Å². The number of nitrogens with zero attached hydrogens (tertiary/aromatic N) is 2. The summed E-state index contributed by atoms with van der Waals surface area (Å²) in [7, 11) is 0. The molecular weight excluding hydrogens is 218 g/mol. The SMILES string of the molecule is CCOC(=O)c1cc2c(nc1C#N)CCNC2. The molecule has 17 heavy (non-hydrogen) atoms. The molecule has 1 aliphatic rings. The molecule has 0 atom stereocenters. The lowest BCUT2D eigenvalue weighted by molar-refractivity contribution is 0.0525. The topological polar surface area (TPSA) is 75.0 Å². The van der Waals surface area contributed by atoms with Gasteiger partial charge in [0.1, 0.15) is 6.07 Å². The molecule has 1 aliphatic heterocycles. The molecule has 5 nitrogen and oxygen atoms in total. The molecule has 2 rings (SSSR count). The highest BCUT2D eigenvalue weighted by Gasteiger charge is 2.19. The molecule has 0 aliphatic carbocycles. The normalized spacial score (nSPS) is 13.6. The maximum atomic E-state index is 11.7. The number of ether oxygens (including phenoxy) is 1. The number of fused-ring (bicyclic) bond motifs is 1. The number of nitriles is 1. The standard InChI is InChI=1S/C12H13N3O2/c1-2-17-12(16)9-5-8-7-14-4-3-10(8)15-11(9)6-13/h5,14H,2-4,7H2,1H3. The van der Waals surface area contributed by atoms with Gasteiger partial charge in [0, 0.05) is 25.2 Å². The number of nitrogens with one attached hydrogen (secondary N) is 1. The third-order valence-corrected chi connectivity index (χ3v) is 2.65. The summed E-state index contributed by atoms with van der Waals surface area (Å²) in [4.78, 5) is 15.9. The Balaban J connectivity index is 2.44. The van der Waals surface area contributed by atoms with E-state index in [1.54, 1.807) is 13.0 Å². The highest BCUT2D eigenvalue weighted by atomic mass is 16.5. The van der Waals surface area contributed by atoms with Gasteiger partial charge >= 0.3 is 5.97 Å². The van der Waals surface area contributed by atoms with Crippen LogP contribution >= 0.6 is 0 Å². The summed E-state index contributed by atoms with van der Waals surface area (Å²) in [6.07, 6.45) is 0.785. The minimum atomic E-state index is -0.482. The number of pyridine rings is 1. The van der Waals surface area contributed by atoms with Gasteiger partial charge in [-0.15, -0.1) is 0 Å². The predicted octanol–water partition coefficient (Wildman–Crippen LogP) is 0.776. The van der Waals surface area contributed by atoms with E-state index in [1.165, 1.54) is 0 Å². The van der Waals surface area contributed by atoms with Crippen LogP contribution in [0.1, 0.15) is 34.2 Å². The van der Waals surface area contributed by atoms with Crippen molar-refractivity contribution in [1.29, 1.82) is 5.26 Å². The monoisotopic (exact) mass is 231 g/mol. The lowest BCUT2D eigenvalue weighted by atomic mass is 10.0. The van der Waals surface area contributed by atoms with Crippen LogP contribution in [-0.4, -0.2) is 24.1 Å². The predicted molar refractivity (Wildman–Crippen MR) is 60.3 cm³/mol. The highest BCUT2D eigenvalue weighted by Crippen LogP contribution is 2.17. The molecular formula is C12H13N3O2. The zero-order valence-corrected chi connectivity index (χ0v) is 9.62. The first-order chi connectivity index (χ1) is 8.26. The molecule has 0 amide bonds. The van der Waals surface area contributed by atoms with Crippen LogP contribution in [0.4, 0.5) is 0 Å². The van der Waals surface area contributed by atoms with Gasteiger partial charge in [-0.3, -0.25) is 0 Å². The fourth-order valence-electron chi connectivity index (χ4n) is 1.84. The van der Waals surface area contributed by atoms with Crippen molar-refractivity contribution in [3.05, 3.63) is 28.6 Å². The van der Waals surface area contributed by atoms with E-state index in [1.807, 2.05) is 6.07 Å². The number of hydrogen-bond acceptors (Lipinski definition) is 5. The molecule has 5 heteroatoms. The molecule has 0 spiro atoms. The second kappa shape index (κ2) is 4.93. The second-order valence-electron chi connectivity index (χ2n) is 3.75. The molecule has 1 aromatic heterocycles. The molecule has 1 N–H and O–H groups in total. The molecule has 0 saturated heterocycles. The Bertz CT molecular complexity index is 491. The number of carbonyl (C=O) groups excluding carboxylic acids is 1. The van der Waals surface area contributed by atoms with Crippen LogP contribution in [0.15, 0.2) is 6.07 Å². The van der Waals surface area contributed by atoms with Gasteiger partial charge in [0.15, 0.2) is 5.69 Å². The van der Waals surface area contributed by atoms with Gasteiger partial charge in [-0.1, -0.05) is 0 Å². The minimum Gasteiger partial charge on any atom is -0.462 e. The number of rotatable bonds is 2. The second-order valence-corrected chi connectivity index (χ2v) is 3.75. The van der Waals surface area contributed by atoms with Crippen molar-refractivity contribution in [2.24, 2.45) is 0 Å². The van der Waals surface area contributed by atoms with E-state index in [9.17, 15) is 4.79 Å². The lowest BCUT2D eigenvalue weighted by Gasteiger charge is -2.17. The number of esters is 1. The van der Waals surface area contributed by atoms with Gasteiger partial charge in [-0.25, -0.2) is 9.78 Å². The smallest absolute Gasteiger partial charge is 0.341 e. The van der Waals surface area contributed by atoms with Gasteiger partial charge in [0.25, 0.3) is 0 Å². The van der Waals surface area contributed by atoms with Crippen molar-refractivity contribution in [2.45, 2.75) is 19.9 Å². The van der Waals surface area contributed by atoms with Gasteiger partial charge in [0.05, 0.1) is 12.2 Å². The largest absolute Gasteiger partial charge is 0.462 e. The maximum Gasteiger partial charge on any atom is 0.341 e. The van der Waals surface area contributed by atoms with E-state index in [2.05, 4.69) is 10.3 Å². The molecule has 0 fully saturated rings. The minimum absolute atomic E-state index is 0.157. The van der Waals surface area contributed by atoms with Crippen molar-refractivity contribution in [3.63, 3.8) is 0 Å². The van der Waals surface area contributed by atoms with E-state index >= 15 is 0 Å². The van der Waals surface area contributed by atoms with Crippen LogP contribution in [0.25, 0.3) is 0 Å². The fraction of sp³-hybridized carbons (Fsp3) is 0.417. The van der Waals surface area contributed by atoms with Crippen LogP contribution in [0.5, 0.6) is 0 Å². The summed E-state index contributed by atoms with van der Waals surface area (Å²) in [5, 5.41) is 12.2. The van der Waals surface area contributed by atoms with Gasteiger partial charge < -0.3 is 10.1 Å². The molecule has 1 aromatic rings. The van der Waals surface area contributed by atoms with E-state index < -0.39 is 5.97 Å². The van der Waals surface area contributed by atoms with Gasteiger partial charge in [-0.2, -0.15) is 5.26 Å². The maximum absolute atomic E-state index is 11.7. The molecule has 0 radical (unpaired) electrons. The molecule has 88 valence electrons. The van der Waals surface area contributed by atoms with Gasteiger partial charge in [0.2, 0.25) is 0 Å². The molecule has 0 saturated carbocycles. The molecule has 2 heterocycles. The Morgan fingerprint density at radius 2 is 2.53 bits per heavy atom. The quantitative estimate of drug-likeness (QED) is 0.761. The van der Waals surface area contributed by atoms with Crippen molar-refractivity contribution in [2.75, 3.05) is 13.2 Å². The Morgan fingerprint density at radius 3 is 3.24 bits per heavy atom. The summed E-state index contributed by atoms with van der Waals surface area (Å²) in [5.74, 6) is -0.482. The third-order valence-electron chi connectivity index (χ3n) is 2.65. The van der Waals surface area contributed by atoms with Crippen LogP contribution in [0.3, 0.4) is 0 Å². The van der Waals surface area contributed by atoms with E-state index in [4.69, 9.17) is 10.00 Å².